The minimum absolute atomic E-state index is 0.255. The summed E-state index contributed by atoms with van der Waals surface area (Å²) in [5.74, 6) is 0.523. The van der Waals surface area contributed by atoms with Gasteiger partial charge in [0.2, 0.25) is 0 Å². The molecule has 0 aromatic heterocycles. The highest BCUT2D eigenvalue weighted by Crippen LogP contribution is 2.11. The van der Waals surface area contributed by atoms with Gasteiger partial charge in [0.1, 0.15) is 11.6 Å². The quantitative estimate of drug-likeness (QED) is 0.859. The molecule has 0 radical (unpaired) electrons. The number of hydrogen-bond acceptors (Lipinski definition) is 2. The van der Waals surface area contributed by atoms with Crippen molar-refractivity contribution in [3.05, 3.63) is 71.7 Å². The van der Waals surface area contributed by atoms with Gasteiger partial charge in [-0.3, -0.25) is 0 Å². The predicted molar refractivity (Wildman–Crippen MR) is 88.7 cm³/mol. The van der Waals surface area contributed by atoms with Gasteiger partial charge in [0.05, 0.1) is 7.11 Å². The first kappa shape index (κ1) is 16.5. The van der Waals surface area contributed by atoms with E-state index in [1.165, 1.54) is 6.07 Å². The van der Waals surface area contributed by atoms with E-state index in [-0.39, 0.29) is 11.8 Å². The van der Waals surface area contributed by atoms with Gasteiger partial charge in [0.15, 0.2) is 0 Å². The Balaban J connectivity index is 1.72. The van der Waals surface area contributed by atoms with Gasteiger partial charge in [0, 0.05) is 12.7 Å². The molecule has 0 atom stereocenters. The van der Waals surface area contributed by atoms with Crippen LogP contribution < -0.4 is 15.4 Å². The van der Waals surface area contributed by atoms with Crippen molar-refractivity contribution < 1.29 is 13.9 Å². The van der Waals surface area contributed by atoms with Crippen LogP contribution in [-0.2, 0) is 6.42 Å². The van der Waals surface area contributed by atoms with Crippen molar-refractivity contribution in [1.29, 1.82) is 0 Å². The number of rotatable bonds is 6. The highest BCUT2D eigenvalue weighted by Gasteiger charge is 2.01. The topological polar surface area (TPSA) is 50.4 Å². The summed E-state index contributed by atoms with van der Waals surface area (Å²) in [6.07, 6.45) is 3.78. The van der Waals surface area contributed by atoms with Gasteiger partial charge in [-0.15, -0.1) is 0 Å². The molecule has 0 heterocycles. The van der Waals surface area contributed by atoms with Crippen LogP contribution in [0.15, 0.2) is 54.7 Å². The van der Waals surface area contributed by atoms with E-state index in [9.17, 15) is 9.18 Å². The molecule has 0 bridgehead atoms. The number of carbonyl (C=O) groups excluding carboxylic acids is 1. The summed E-state index contributed by atoms with van der Waals surface area (Å²) >= 11 is 0. The van der Waals surface area contributed by atoms with E-state index in [1.807, 2.05) is 24.3 Å². The third-order valence-electron chi connectivity index (χ3n) is 3.24. The van der Waals surface area contributed by atoms with E-state index in [0.29, 0.717) is 18.5 Å². The molecular weight excluding hydrogens is 295 g/mol. The maximum absolute atomic E-state index is 13.4. The van der Waals surface area contributed by atoms with Crippen molar-refractivity contribution in [2.24, 2.45) is 0 Å². The largest absolute Gasteiger partial charge is 0.497 e. The molecule has 4 nitrogen and oxygen atoms in total. The Hall–Kier alpha value is -2.82. The third-order valence-corrected chi connectivity index (χ3v) is 3.24. The van der Waals surface area contributed by atoms with Gasteiger partial charge in [-0.1, -0.05) is 30.3 Å². The van der Waals surface area contributed by atoms with E-state index >= 15 is 0 Å². The van der Waals surface area contributed by atoms with Crippen molar-refractivity contribution >= 4 is 12.1 Å². The smallest absolute Gasteiger partial charge is 0.318 e. The Kier molecular flexibility index (Phi) is 6.17. The molecule has 2 aromatic carbocycles. The third kappa shape index (κ3) is 5.47. The fourth-order valence-electron chi connectivity index (χ4n) is 1.99. The minimum Gasteiger partial charge on any atom is -0.497 e. The second kappa shape index (κ2) is 8.58. The number of hydrogen-bond donors (Lipinski definition) is 2. The molecular formula is C18H19FN2O2. The van der Waals surface area contributed by atoms with Crippen LogP contribution in [0.3, 0.4) is 0 Å². The lowest BCUT2D eigenvalue weighted by Gasteiger charge is -2.05. The van der Waals surface area contributed by atoms with Crippen LogP contribution in [0.5, 0.6) is 5.75 Å². The molecule has 0 unspecified atom stereocenters. The number of halogens is 1. The van der Waals surface area contributed by atoms with Gasteiger partial charge in [-0.2, -0.15) is 0 Å². The number of benzene rings is 2. The number of methoxy groups -OCH3 is 1. The number of nitrogens with one attached hydrogen (secondary N) is 2. The molecule has 0 aliphatic heterocycles. The van der Waals surface area contributed by atoms with Crippen LogP contribution in [0, 0.1) is 5.82 Å². The molecule has 0 aliphatic carbocycles. The maximum atomic E-state index is 13.4. The Bertz CT molecular complexity index is 669. The second-order valence-corrected chi connectivity index (χ2v) is 4.85. The number of urea groups is 1. The number of carbonyl (C=O) groups is 1. The fourth-order valence-corrected chi connectivity index (χ4v) is 1.99. The molecule has 23 heavy (non-hydrogen) atoms. The normalized spacial score (nSPS) is 10.5. The summed E-state index contributed by atoms with van der Waals surface area (Å²) in [4.78, 5) is 11.6. The van der Waals surface area contributed by atoms with Crippen LogP contribution in [0.1, 0.15) is 11.1 Å². The summed E-state index contributed by atoms with van der Waals surface area (Å²) in [6.45, 7) is 0.364. The predicted octanol–water partition coefficient (Wildman–Crippen LogP) is 3.35. The standard InChI is InChI=1S/C18H19FN2O2/c1-23-16-8-6-14(7-9-16)10-12-20-18(22)21-13-11-15-4-2-3-5-17(15)19/h2-10,12H,11,13H2,1H3,(H2,20,21,22)/b12-10+. The van der Waals surface area contributed by atoms with E-state index in [4.69, 9.17) is 4.74 Å². The van der Waals surface area contributed by atoms with Gasteiger partial charge in [-0.25, -0.2) is 9.18 Å². The van der Waals surface area contributed by atoms with E-state index in [1.54, 1.807) is 37.6 Å². The van der Waals surface area contributed by atoms with Crippen molar-refractivity contribution in [2.45, 2.75) is 6.42 Å². The zero-order valence-electron chi connectivity index (χ0n) is 12.9. The molecule has 5 heteroatoms. The SMILES string of the molecule is COc1ccc(/C=C/NC(=O)NCCc2ccccc2F)cc1. The molecule has 0 saturated carbocycles. The zero-order valence-corrected chi connectivity index (χ0v) is 12.9. The summed E-state index contributed by atoms with van der Waals surface area (Å²) in [6, 6.07) is 13.7. The maximum Gasteiger partial charge on any atom is 0.318 e. The minimum atomic E-state index is -0.328. The molecule has 0 spiro atoms. The summed E-state index contributed by atoms with van der Waals surface area (Å²) < 4.78 is 18.5. The lowest BCUT2D eigenvalue weighted by Crippen LogP contribution is -2.33. The Morgan fingerprint density at radius 3 is 2.61 bits per heavy atom. The highest BCUT2D eigenvalue weighted by molar-refractivity contribution is 5.75. The fraction of sp³-hybridized carbons (Fsp3) is 0.167. The summed E-state index contributed by atoms with van der Waals surface area (Å²) in [7, 11) is 1.61. The van der Waals surface area contributed by atoms with Crippen LogP contribution in [0.25, 0.3) is 6.08 Å². The number of amides is 2. The number of ether oxygens (including phenoxy) is 1. The molecule has 0 fully saturated rings. The molecule has 2 N–H and O–H groups in total. The van der Waals surface area contributed by atoms with Gasteiger partial charge in [-0.05, 0) is 41.8 Å². The highest BCUT2D eigenvalue weighted by atomic mass is 19.1. The molecule has 120 valence electrons. The average Bonchev–Trinajstić information content (AvgIpc) is 2.57. The van der Waals surface area contributed by atoms with Crippen molar-refractivity contribution in [2.75, 3.05) is 13.7 Å². The Morgan fingerprint density at radius 1 is 1.17 bits per heavy atom. The van der Waals surface area contributed by atoms with Crippen LogP contribution in [0.2, 0.25) is 0 Å². The lowest BCUT2D eigenvalue weighted by atomic mass is 10.1. The van der Waals surface area contributed by atoms with E-state index in [0.717, 1.165) is 11.3 Å². The monoisotopic (exact) mass is 314 g/mol. The van der Waals surface area contributed by atoms with Crippen LogP contribution >= 0.6 is 0 Å². The first-order chi connectivity index (χ1) is 11.2. The van der Waals surface area contributed by atoms with Crippen molar-refractivity contribution in [1.82, 2.24) is 10.6 Å². The van der Waals surface area contributed by atoms with Crippen molar-refractivity contribution in [3.63, 3.8) is 0 Å². The average molecular weight is 314 g/mol. The molecule has 2 aromatic rings. The van der Waals surface area contributed by atoms with Crippen LogP contribution in [-0.4, -0.2) is 19.7 Å². The first-order valence-corrected chi connectivity index (χ1v) is 7.27. The molecule has 0 saturated heterocycles. The Labute approximate surface area is 135 Å². The van der Waals surface area contributed by atoms with E-state index < -0.39 is 0 Å². The zero-order chi connectivity index (χ0) is 16.5. The van der Waals surface area contributed by atoms with Gasteiger partial charge < -0.3 is 15.4 Å². The van der Waals surface area contributed by atoms with Gasteiger partial charge in [0.25, 0.3) is 0 Å². The van der Waals surface area contributed by atoms with Crippen LogP contribution in [0.4, 0.5) is 9.18 Å². The molecule has 0 aliphatic rings. The van der Waals surface area contributed by atoms with Gasteiger partial charge >= 0.3 is 6.03 Å². The summed E-state index contributed by atoms with van der Waals surface area (Å²) in [5.41, 5.74) is 1.53. The molecule has 2 amide bonds. The first-order valence-electron chi connectivity index (χ1n) is 7.27. The second-order valence-electron chi connectivity index (χ2n) is 4.85. The summed E-state index contributed by atoms with van der Waals surface area (Å²) in [5, 5.41) is 5.28. The van der Waals surface area contributed by atoms with E-state index in [2.05, 4.69) is 10.6 Å². The lowest BCUT2D eigenvalue weighted by molar-refractivity contribution is 0.244. The Morgan fingerprint density at radius 2 is 1.91 bits per heavy atom. The molecule has 2 rings (SSSR count). The van der Waals surface area contributed by atoms with Crippen molar-refractivity contribution in [3.8, 4) is 5.75 Å².